The van der Waals surface area contributed by atoms with Gasteiger partial charge < -0.3 is 5.11 Å². The molecule has 11 nitrogen and oxygen atoms in total. The SMILES string of the molecule is C=CS(=O)(=O)N(C(=O)c1ccccc1)c1cc(S(=O)(=O)O)cc2cc(S(=O)(=O)O)cc(O)c12. The van der Waals surface area contributed by atoms with Gasteiger partial charge in [-0.05, 0) is 35.7 Å². The first-order valence-corrected chi connectivity index (χ1v) is 13.1. The largest absolute Gasteiger partial charge is 0.507 e. The maximum absolute atomic E-state index is 13.2. The number of hydrogen-bond acceptors (Lipinski definition) is 8. The average Bonchev–Trinajstić information content (AvgIpc) is 2.72. The summed E-state index contributed by atoms with van der Waals surface area (Å²) >= 11 is 0. The van der Waals surface area contributed by atoms with E-state index in [2.05, 4.69) is 6.58 Å². The molecule has 0 fully saturated rings. The quantitative estimate of drug-likeness (QED) is 0.413. The van der Waals surface area contributed by atoms with Crippen LogP contribution < -0.4 is 4.31 Å². The Morgan fingerprint density at radius 3 is 1.85 bits per heavy atom. The normalized spacial score (nSPS) is 12.4. The first-order valence-electron chi connectivity index (χ1n) is 8.69. The van der Waals surface area contributed by atoms with Crippen molar-refractivity contribution in [2.24, 2.45) is 0 Å². The van der Waals surface area contributed by atoms with Crippen molar-refractivity contribution < 1.29 is 44.3 Å². The van der Waals surface area contributed by atoms with E-state index in [1.165, 1.54) is 24.3 Å². The fourth-order valence-corrected chi connectivity index (χ4v) is 4.99. The van der Waals surface area contributed by atoms with E-state index in [1.54, 1.807) is 6.07 Å². The summed E-state index contributed by atoms with van der Waals surface area (Å²) in [6.45, 7) is 3.15. The molecule has 0 aliphatic heterocycles. The van der Waals surface area contributed by atoms with Gasteiger partial charge >= 0.3 is 0 Å². The van der Waals surface area contributed by atoms with Gasteiger partial charge in [0.2, 0.25) is 0 Å². The summed E-state index contributed by atoms with van der Waals surface area (Å²) in [6, 6.07) is 9.65. The van der Waals surface area contributed by atoms with Crippen molar-refractivity contribution in [3.8, 4) is 5.75 Å². The highest BCUT2D eigenvalue weighted by Gasteiger charge is 2.32. The number of nitrogens with zero attached hydrogens (tertiary/aromatic N) is 1. The van der Waals surface area contributed by atoms with Gasteiger partial charge in [-0.25, -0.2) is 8.42 Å². The Kier molecular flexibility index (Phi) is 6.08. The molecule has 0 saturated carbocycles. The summed E-state index contributed by atoms with van der Waals surface area (Å²) in [5, 5.41) is 10.0. The second-order valence-electron chi connectivity index (χ2n) is 6.58. The molecule has 14 heteroatoms. The van der Waals surface area contributed by atoms with Crippen LogP contribution in [0.5, 0.6) is 5.75 Å². The lowest BCUT2D eigenvalue weighted by Gasteiger charge is -2.23. The molecule has 3 rings (SSSR count). The zero-order chi connectivity index (χ0) is 24.8. The Bertz CT molecular complexity index is 1610. The molecule has 174 valence electrons. The van der Waals surface area contributed by atoms with Crippen LogP contribution in [0.2, 0.25) is 0 Å². The van der Waals surface area contributed by atoms with Crippen molar-refractivity contribution in [2.75, 3.05) is 4.31 Å². The van der Waals surface area contributed by atoms with E-state index in [4.69, 9.17) is 0 Å². The topological polar surface area (TPSA) is 183 Å². The molecule has 0 spiro atoms. The Labute approximate surface area is 188 Å². The second-order valence-corrected chi connectivity index (χ2v) is 11.2. The van der Waals surface area contributed by atoms with E-state index in [9.17, 15) is 44.3 Å². The molecule has 3 N–H and O–H groups in total. The summed E-state index contributed by atoms with van der Waals surface area (Å²) in [5.41, 5.74) is -0.851. The minimum atomic E-state index is -5.01. The molecule has 33 heavy (non-hydrogen) atoms. The molecule has 0 aliphatic carbocycles. The number of sulfonamides is 1. The number of phenolic OH excluding ortho intramolecular Hbond substituents is 1. The Morgan fingerprint density at radius 1 is 0.848 bits per heavy atom. The van der Waals surface area contributed by atoms with Crippen LogP contribution in [-0.4, -0.2) is 45.4 Å². The van der Waals surface area contributed by atoms with E-state index in [0.717, 1.165) is 12.1 Å². The molecule has 0 unspecified atom stereocenters. The van der Waals surface area contributed by atoms with Crippen molar-refractivity contribution in [1.82, 2.24) is 0 Å². The van der Waals surface area contributed by atoms with Crippen molar-refractivity contribution in [2.45, 2.75) is 9.79 Å². The lowest BCUT2D eigenvalue weighted by molar-refractivity contribution is 0.101. The molecule has 0 radical (unpaired) electrons. The number of phenols is 1. The van der Waals surface area contributed by atoms with Crippen LogP contribution in [0.3, 0.4) is 0 Å². The van der Waals surface area contributed by atoms with Gasteiger partial charge in [0.05, 0.1) is 15.5 Å². The Balaban J connectivity index is 2.52. The van der Waals surface area contributed by atoms with Crippen LogP contribution in [0, 0.1) is 0 Å². The lowest BCUT2D eigenvalue weighted by Crippen LogP contribution is -2.36. The number of fused-ring (bicyclic) bond motifs is 1. The fraction of sp³-hybridized carbons (Fsp3) is 0. The summed E-state index contributed by atoms with van der Waals surface area (Å²) in [6.07, 6.45) is 0. The number of carbonyl (C=O) groups excluding carboxylic acids is 1. The molecular formula is C19H15NO10S3. The van der Waals surface area contributed by atoms with Gasteiger partial charge in [0.25, 0.3) is 36.2 Å². The lowest BCUT2D eigenvalue weighted by atomic mass is 10.1. The predicted octanol–water partition coefficient (Wildman–Crippen LogP) is 2.16. The van der Waals surface area contributed by atoms with Crippen molar-refractivity contribution in [3.05, 3.63) is 72.1 Å². The minimum absolute atomic E-state index is 0.137. The number of amides is 1. The molecule has 3 aromatic carbocycles. The molecule has 0 atom stereocenters. The highest BCUT2D eigenvalue weighted by molar-refractivity contribution is 7.96. The van der Waals surface area contributed by atoms with Crippen LogP contribution >= 0.6 is 0 Å². The third-order valence-electron chi connectivity index (χ3n) is 4.44. The number of carbonyl (C=O) groups is 1. The van der Waals surface area contributed by atoms with Crippen LogP contribution in [0.4, 0.5) is 5.69 Å². The minimum Gasteiger partial charge on any atom is -0.507 e. The van der Waals surface area contributed by atoms with Gasteiger partial charge in [0.15, 0.2) is 0 Å². The van der Waals surface area contributed by atoms with Gasteiger partial charge in [-0.1, -0.05) is 24.8 Å². The van der Waals surface area contributed by atoms with Crippen LogP contribution in [0.25, 0.3) is 10.8 Å². The van der Waals surface area contributed by atoms with Gasteiger partial charge in [-0.2, -0.15) is 21.1 Å². The molecule has 3 aromatic rings. The van der Waals surface area contributed by atoms with E-state index in [-0.39, 0.29) is 9.87 Å². The summed E-state index contributed by atoms with van der Waals surface area (Å²) in [5.74, 6) is -2.07. The van der Waals surface area contributed by atoms with Crippen molar-refractivity contribution >= 4 is 52.6 Å². The first kappa shape index (κ1) is 24.3. The third-order valence-corrected chi connectivity index (χ3v) is 7.39. The molecule has 1 amide bonds. The first-order chi connectivity index (χ1) is 15.2. The highest BCUT2D eigenvalue weighted by atomic mass is 32.2. The Hall–Kier alpha value is -3.30. The number of aromatic hydroxyl groups is 1. The molecule has 0 heterocycles. The molecule has 0 bridgehead atoms. The van der Waals surface area contributed by atoms with Crippen molar-refractivity contribution in [3.63, 3.8) is 0 Å². The second kappa shape index (κ2) is 8.24. The van der Waals surface area contributed by atoms with Crippen LogP contribution in [0.15, 0.2) is 76.4 Å². The fourth-order valence-electron chi connectivity index (χ4n) is 3.01. The smallest absolute Gasteiger partial charge is 0.294 e. The maximum Gasteiger partial charge on any atom is 0.294 e. The molecule has 0 aromatic heterocycles. The van der Waals surface area contributed by atoms with Gasteiger partial charge in [-0.15, -0.1) is 0 Å². The third kappa shape index (κ3) is 4.74. The summed E-state index contributed by atoms with van der Waals surface area (Å²) in [7, 11) is -14.6. The molecular weight excluding hydrogens is 498 g/mol. The summed E-state index contributed by atoms with van der Waals surface area (Å²) in [4.78, 5) is 11.4. The van der Waals surface area contributed by atoms with E-state index in [0.29, 0.717) is 17.5 Å². The molecule has 0 aliphatic rings. The van der Waals surface area contributed by atoms with Crippen LogP contribution in [-0.2, 0) is 30.3 Å². The zero-order valence-electron chi connectivity index (χ0n) is 16.4. The number of benzene rings is 3. The van der Waals surface area contributed by atoms with Gasteiger partial charge in [0, 0.05) is 22.4 Å². The van der Waals surface area contributed by atoms with Crippen molar-refractivity contribution in [1.29, 1.82) is 0 Å². The number of rotatable bonds is 6. The monoisotopic (exact) mass is 513 g/mol. The van der Waals surface area contributed by atoms with E-state index in [1.807, 2.05) is 0 Å². The van der Waals surface area contributed by atoms with Gasteiger partial charge in [-0.3, -0.25) is 13.9 Å². The van der Waals surface area contributed by atoms with E-state index < -0.39 is 68.2 Å². The highest BCUT2D eigenvalue weighted by Crippen LogP contribution is 2.40. The number of hydrogen-bond donors (Lipinski definition) is 3. The number of anilines is 1. The summed E-state index contributed by atoms with van der Waals surface area (Å²) < 4.78 is 91.3. The van der Waals surface area contributed by atoms with E-state index >= 15 is 0 Å². The van der Waals surface area contributed by atoms with Crippen LogP contribution in [0.1, 0.15) is 10.4 Å². The standard InChI is InChI=1S/C19H15NO10S3/c1-2-31(23,24)20(19(22)12-6-4-3-5-7-12)16-10-14(32(25,26)27)8-13-9-15(33(28,29)30)11-17(21)18(13)16/h2-11,21H,1H2,(H,25,26,27)(H,28,29,30). The zero-order valence-corrected chi connectivity index (χ0v) is 18.8. The Morgan fingerprint density at radius 2 is 1.36 bits per heavy atom. The average molecular weight is 514 g/mol. The molecule has 0 saturated heterocycles. The predicted molar refractivity (Wildman–Crippen MR) is 118 cm³/mol. The van der Waals surface area contributed by atoms with Gasteiger partial charge in [0.1, 0.15) is 5.75 Å². The maximum atomic E-state index is 13.2.